The summed E-state index contributed by atoms with van der Waals surface area (Å²) < 4.78 is 5.26. The minimum atomic E-state index is -0.619. The summed E-state index contributed by atoms with van der Waals surface area (Å²) in [4.78, 5) is 18.3. The van der Waals surface area contributed by atoms with Crippen molar-refractivity contribution in [3.63, 3.8) is 0 Å². The minimum absolute atomic E-state index is 0.0362. The molecule has 20 heavy (non-hydrogen) atoms. The Morgan fingerprint density at radius 2 is 2.30 bits per heavy atom. The molecule has 0 fully saturated rings. The van der Waals surface area contributed by atoms with Crippen molar-refractivity contribution in [2.75, 3.05) is 6.61 Å². The fraction of sp³-hybridized carbons (Fsp3) is 0.154. The van der Waals surface area contributed by atoms with Crippen LogP contribution in [0.2, 0.25) is 0 Å². The van der Waals surface area contributed by atoms with Crippen LogP contribution >= 0.6 is 0 Å². The highest BCUT2D eigenvalue weighted by molar-refractivity contribution is 5.72. The van der Waals surface area contributed by atoms with Gasteiger partial charge in [0.25, 0.3) is 0 Å². The van der Waals surface area contributed by atoms with Gasteiger partial charge in [-0.3, -0.25) is 15.1 Å². The summed E-state index contributed by atoms with van der Waals surface area (Å²) in [6.07, 6.45) is 4.21. The molecular formula is C13H10N4O3. The Kier molecular flexibility index (Phi) is 3.86. The Hall–Kier alpha value is -3.01. The van der Waals surface area contributed by atoms with Gasteiger partial charge < -0.3 is 4.74 Å². The van der Waals surface area contributed by atoms with Crippen molar-refractivity contribution in [2.24, 2.45) is 0 Å². The summed E-state index contributed by atoms with van der Waals surface area (Å²) in [7, 11) is 0. The molecule has 0 aliphatic carbocycles. The Morgan fingerprint density at radius 1 is 1.50 bits per heavy atom. The lowest BCUT2D eigenvalue weighted by Crippen LogP contribution is -2.03. The summed E-state index contributed by atoms with van der Waals surface area (Å²) in [5.41, 5.74) is 0.625. The van der Waals surface area contributed by atoms with Crippen LogP contribution in [-0.2, 0) is 0 Å². The second-order valence-electron chi connectivity index (χ2n) is 3.74. The second-order valence-corrected chi connectivity index (χ2v) is 3.74. The standard InChI is InChI=1S/C13H10N4O3/c1-2-20-13-10(6-14)12(9-4-3-5-15-7-9)16-8-11(13)17(18)19/h3-5,7-8H,2H2,1H3. The molecule has 2 aromatic heterocycles. The molecular weight excluding hydrogens is 260 g/mol. The molecule has 7 nitrogen and oxygen atoms in total. The van der Waals surface area contributed by atoms with Crippen molar-refractivity contribution in [1.29, 1.82) is 5.26 Å². The third kappa shape index (κ3) is 2.40. The lowest BCUT2D eigenvalue weighted by molar-refractivity contribution is -0.386. The van der Waals surface area contributed by atoms with E-state index in [1.807, 2.05) is 6.07 Å². The van der Waals surface area contributed by atoms with E-state index in [0.29, 0.717) is 11.3 Å². The number of hydrogen-bond acceptors (Lipinski definition) is 6. The lowest BCUT2D eigenvalue weighted by atomic mass is 10.1. The molecule has 0 saturated carbocycles. The maximum Gasteiger partial charge on any atom is 0.330 e. The zero-order valence-electron chi connectivity index (χ0n) is 10.6. The molecule has 0 unspecified atom stereocenters. The van der Waals surface area contributed by atoms with Crippen molar-refractivity contribution >= 4 is 5.69 Å². The molecule has 0 atom stereocenters. The van der Waals surface area contributed by atoms with Crippen LogP contribution in [0.5, 0.6) is 5.75 Å². The third-order valence-corrected chi connectivity index (χ3v) is 2.54. The predicted molar refractivity (Wildman–Crippen MR) is 70.0 cm³/mol. The van der Waals surface area contributed by atoms with Crippen LogP contribution in [0, 0.1) is 21.4 Å². The van der Waals surface area contributed by atoms with Crippen LogP contribution in [0.25, 0.3) is 11.3 Å². The average Bonchev–Trinajstić information content (AvgIpc) is 2.47. The maximum atomic E-state index is 11.0. The third-order valence-electron chi connectivity index (χ3n) is 2.54. The van der Waals surface area contributed by atoms with Gasteiger partial charge in [0.05, 0.1) is 17.2 Å². The highest BCUT2D eigenvalue weighted by atomic mass is 16.6. The van der Waals surface area contributed by atoms with Gasteiger partial charge in [-0.05, 0) is 19.1 Å². The van der Waals surface area contributed by atoms with E-state index >= 15 is 0 Å². The van der Waals surface area contributed by atoms with E-state index in [4.69, 9.17) is 4.74 Å². The molecule has 100 valence electrons. The zero-order valence-corrected chi connectivity index (χ0v) is 10.6. The normalized spacial score (nSPS) is 9.80. The number of nitriles is 1. The van der Waals surface area contributed by atoms with Gasteiger partial charge in [-0.15, -0.1) is 0 Å². The molecule has 0 radical (unpaired) electrons. The first-order valence-electron chi connectivity index (χ1n) is 5.79. The minimum Gasteiger partial charge on any atom is -0.486 e. The summed E-state index contributed by atoms with van der Waals surface area (Å²) in [5, 5.41) is 20.3. The molecule has 2 rings (SSSR count). The molecule has 0 amide bonds. The lowest BCUT2D eigenvalue weighted by Gasteiger charge is -2.09. The first-order chi connectivity index (χ1) is 9.69. The molecule has 0 aliphatic rings. The van der Waals surface area contributed by atoms with Crippen LogP contribution in [0.4, 0.5) is 5.69 Å². The van der Waals surface area contributed by atoms with Crippen molar-refractivity contribution in [2.45, 2.75) is 6.92 Å². The highest BCUT2D eigenvalue weighted by Gasteiger charge is 2.24. The van der Waals surface area contributed by atoms with E-state index in [2.05, 4.69) is 9.97 Å². The summed E-state index contributed by atoms with van der Waals surface area (Å²) >= 11 is 0. The molecule has 2 heterocycles. The van der Waals surface area contributed by atoms with E-state index in [1.54, 1.807) is 25.3 Å². The molecule has 7 heteroatoms. The molecule has 0 saturated heterocycles. The Balaban J connectivity index is 2.70. The summed E-state index contributed by atoms with van der Waals surface area (Å²) in [6.45, 7) is 1.90. The quantitative estimate of drug-likeness (QED) is 0.624. The van der Waals surface area contributed by atoms with Crippen molar-refractivity contribution in [1.82, 2.24) is 9.97 Å². The SMILES string of the molecule is CCOc1c([N+](=O)[O-])cnc(-c2cccnc2)c1C#N. The molecule has 2 aromatic rings. The van der Waals surface area contributed by atoms with Crippen molar-refractivity contribution < 1.29 is 9.66 Å². The van der Waals surface area contributed by atoms with E-state index in [-0.39, 0.29) is 23.6 Å². The van der Waals surface area contributed by atoms with E-state index < -0.39 is 4.92 Å². The van der Waals surface area contributed by atoms with Gasteiger partial charge in [0.1, 0.15) is 17.8 Å². The predicted octanol–water partition coefficient (Wildman–Crippen LogP) is 2.32. The van der Waals surface area contributed by atoms with Gasteiger partial charge in [-0.25, -0.2) is 4.98 Å². The van der Waals surface area contributed by atoms with Crippen molar-refractivity contribution in [3.05, 3.63) is 46.4 Å². The largest absolute Gasteiger partial charge is 0.486 e. The Labute approximate surface area is 114 Å². The van der Waals surface area contributed by atoms with E-state index in [9.17, 15) is 15.4 Å². The summed E-state index contributed by atoms with van der Waals surface area (Å²) in [6, 6.07) is 5.34. The van der Waals surface area contributed by atoms with Gasteiger partial charge in [-0.2, -0.15) is 5.26 Å². The first-order valence-corrected chi connectivity index (χ1v) is 5.79. The van der Waals surface area contributed by atoms with Gasteiger partial charge in [-0.1, -0.05) is 0 Å². The number of ether oxygens (including phenoxy) is 1. The molecule has 0 aromatic carbocycles. The van der Waals surface area contributed by atoms with Crippen LogP contribution in [-0.4, -0.2) is 21.5 Å². The van der Waals surface area contributed by atoms with Crippen LogP contribution in [0.15, 0.2) is 30.7 Å². The number of nitro groups is 1. The van der Waals surface area contributed by atoms with E-state index in [0.717, 1.165) is 6.20 Å². The van der Waals surface area contributed by atoms with E-state index in [1.165, 1.54) is 6.20 Å². The Bertz CT molecular complexity index is 680. The fourth-order valence-corrected chi connectivity index (χ4v) is 1.73. The average molecular weight is 270 g/mol. The number of nitrogens with zero attached hydrogens (tertiary/aromatic N) is 4. The van der Waals surface area contributed by atoms with Crippen LogP contribution in [0.3, 0.4) is 0 Å². The van der Waals surface area contributed by atoms with Crippen LogP contribution < -0.4 is 4.74 Å². The monoisotopic (exact) mass is 270 g/mol. The smallest absolute Gasteiger partial charge is 0.330 e. The Morgan fingerprint density at radius 3 is 2.85 bits per heavy atom. The maximum absolute atomic E-state index is 11.0. The molecule has 0 bridgehead atoms. The van der Waals surface area contributed by atoms with Crippen LogP contribution in [0.1, 0.15) is 12.5 Å². The topological polar surface area (TPSA) is 102 Å². The molecule has 0 N–H and O–H groups in total. The van der Waals surface area contributed by atoms with Gasteiger partial charge in [0, 0.05) is 18.0 Å². The number of rotatable bonds is 4. The highest BCUT2D eigenvalue weighted by Crippen LogP contribution is 2.35. The fourth-order valence-electron chi connectivity index (χ4n) is 1.73. The molecule has 0 aliphatic heterocycles. The molecule has 0 spiro atoms. The van der Waals surface area contributed by atoms with Gasteiger partial charge in [0.15, 0.2) is 0 Å². The number of hydrogen-bond donors (Lipinski definition) is 0. The van der Waals surface area contributed by atoms with Gasteiger partial charge in [0.2, 0.25) is 5.75 Å². The number of pyridine rings is 2. The number of aromatic nitrogens is 2. The zero-order chi connectivity index (χ0) is 14.5. The first kappa shape index (κ1) is 13.4. The van der Waals surface area contributed by atoms with Crippen molar-refractivity contribution in [3.8, 4) is 23.1 Å². The summed E-state index contributed by atoms with van der Waals surface area (Å²) in [5.74, 6) is -0.0612. The van der Waals surface area contributed by atoms with Gasteiger partial charge >= 0.3 is 5.69 Å². The second kappa shape index (κ2) is 5.75.